The zero-order chi connectivity index (χ0) is 8.27. The van der Waals surface area contributed by atoms with Crippen LogP contribution in [0.15, 0.2) is 12.4 Å². The normalized spacial score (nSPS) is 9.36. The predicted molar refractivity (Wildman–Crippen MR) is 42.9 cm³/mol. The van der Waals surface area contributed by atoms with Crippen molar-refractivity contribution in [2.45, 2.75) is 0 Å². The van der Waals surface area contributed by atoms with E-state index >= 15 is 0 Å². The Morgan fingerprint density at radius 1 is 1.27 bits per heavy atom. The van der Waals surface area contributed by atoms with E-state index in [9.17, 15) is 0 Å². The van der Waals surface area contributed by atoms with Gasteiger partial charge in [0.15, 0.2) is 5.82 Å². The minimum atomic E-state index is 0.553. The lowest BCUT2D eigenvalue weighted by atomic mass is 10.6. The van der Waals surface area contributed by atoms with Crippen LogP contribution >= 0.6 is 0 Å². The monoisotopic (exact) mass is 153 g/mol. The third-order valence-electron chi connectivity index (χ3n) is 1.26. The second kappa shape index (κ2) is 3.18. The Morgan fingerprint density at radius 2 is 1.91 bits per heavy atom. The average molecular weight is 153 g/mol. The van der Waals surface area contributed by atoms with Crippen LogP contribution in [-0.2, 0) is 0 Å². The van der Waals surface area contributed by atoms with Crippen molar-refractivity contribution >= 4 is 5.82 Å². The van der Waals surface area contributed by atoms with E-state index in [2.05, 4.69) is 9.97 Å². The first kappa shape index (κ1) is 7.78. The molecule has 1 aromatic heterocycles. The van der Waals surface area contributed by atoms with Gasteiger partial charge in [0.2, 0.25) is 0 Å². The van der Waals surface area contributed by atoms with Gasteiger partial charge in [0.25, 0.3) is 5.88 Å². The van der Waals surface area contributed by atoms with Gasteiger partial charge >= 0.3 is 0 Å². The fraction of sp³-hybridized carbons (Fsp3) is 0.429. The minimum Gasteiger partial charge on any atom is -0.478 e. The van der Waals surface area contributed by atoms with Crippen LogP contribution in [-0.4, -0.2) is 31.2 Å². The van der Waals surface area contributed by atoms with E-state index in [-0.39, 0.29) is 0 Å². The van der Waals surface area contributed by atoms with Crippen molar-refractivity contribution in [2.75, 3.05) is 26.1 Å². The maximum atomic E-state index is 4.99. The van der Waals surface area contributed by atoms with Crippen molar-refractivity contribution in [1.82, 2.24) is 9.97 Å². The second-order valence-corrected chi connectivity index (χ2v) is 2.28. The molecule has 1 aromatic rings. The molecule has 0 aliphatic heterocycles. The number of methoxy groups -OCH3 is 1. The number of ether oxygens (including phenoxy) is 1. The maximum Gasteiger partial charge on any atom is 0.257 e. The lowest BCUT2D eigenvalue weighted by molar-refractivity contribution is 0.396. The highest BCUT2D eigenvalue weighted by Crippen LogP contribution is 2.18. The SMILES string of the molecule is COc1nccnc1N(C)C. The van der Waals surface area contributed by atoms with Gasteiger partial charge in [-0.15, -0.1) is 0 Å². The lowest BCUT2D eigenvalue weighted by Crippen LogP contribution is -2.12. The second-order valence-electron chi connectivity index (χ2n) is 2.28. The molecule has 0 N–H and O–H groups in total. The van der Waals surface area contributed by atoms with E-state index in [4.69, 9.17) is 4.74 Å². The highest BCUT2D eigenvalue weighted by atomic mass is 16.5. The molecule has 1 heterocycles. The first-order valence-electron chi connectivity index (χ1n) is 3.28. The summed E-state index contributed by atoms with van der Waals surface area (Å²) < 4.78 is 4.99. The Labute approximate surface area is 65.8 Å². The van der Waals surface area contributed by atoms with Gasteiger partial charge in [0.05, 0.1) is 7.11 Å². The molecule has 11 heavy (non-hydrogen) atoms. The topological polar surface area (TPSA) is 38.3 Å². The van der Waals surface area contributed by atoms with Crippen molar-refractivity contribution in [3.63, 3.8) is 0 Å². The lowest BCUT2D eigenvalue weighted by Gasteiger charge is -2.12. The van der Waals surface area contributed by atoms with Crippen molar-refractivity contribution < 1.29 is 4.74 Å². The third kappa shape index (κ3) is 1.58. The molecule has 0 aliphatic carbocycles. The van der Waals surface area contributed by atoms with E-state index in [1.807, 2.05) is 19.0 Å². The predicted octanol–water partition coefficient (Wildman–Crippen LogP) is 0.551. The van der Waals surface area contributed by atoms with Crippen LogP contribution in [0.1, 0.15) is 0 Å². The molecule has 0 saturated heterocycles. The first-order chi connectivity index (χ1) is 5.25. The van der Waals surface area contributed by atoms with Gasteiger partial charge in [0, 0.05) is 26.5 Å². The van der Waals surface area contributed by atoms with Gasteiger partial charge in [-0.2, -0.15) is 0 Å². The highest BCUT2D eigenvalue weighted by Gasteiger charge is 2.04. The number of nitrogens with zero attached hydrogens (tertiary/aromatic N) is 3. The molecule has 4 heteroatoms. The summed E-state index contributed by atoms with van der Waals surface area (Å²) in [6, 6.07) is 0. The molecule has 0 radical (unpaired) electrons. The Kier molecular flexibility index (Phi) is 2.25. The smallest absolute Gasteiger partial charge is 0.257 e. The quantitative estimate of drug-likeness (QED) is 0.622. The van der Waals surface area contributed by atoms with Gasteiger partial charge in [-0.1, -0.05) is 0 Å². The van der Waals surface area contributed by atoms with Gasteiger partial charge < -0.3 is 9.64 Å². The molecule has 0 fully saturated rings. The molecule has 1 rings (SSSR count). The Hall–Kier alpha value is -1.32. The van der Waals surface area contributed by atoms with E-state index in [1.54, 1.807) is 19.5 Å². The van der Waals surface area contributed by atoms with Crippen LogP contribution in [0, 0.1) is 0 Å². The van der Waals surface area contributed by atoms with Crippen LogP contribution in [0.3, 0.4) is 0 Å². The van der Waals surface area contributed by atoms with Crippen LogP contribution in [0.4, 0.5) is 5.82 Å². The Balaban J connectivity index is 3.02. The fourth-order valence-electron chi connectivity index (χ4n) is 0.769. The Morgan fingerprint density at radius 3 is 2.36 bits per heavy atom. The standard InChI is InChI=1S/C7H11N3O/c1-10(2)6-7(11-3)9-5-4-8-6/h4-5H,1-3H3. The first-order valence-corrected chi connectivity index (χ1v) is 3.28. The summed E-state index contributed by atoms with van der Waals surface area (Å²) in [7, 11) is 5.37. The van der Waals surface area contributed by atoms with E-state index in [0.29, 0.717) is 5.88 Å². The van der Waals surface area contributed by atoms with Gasteiger partial charge in [0.1, 0.15) is 0 Å². The molecule has 0 unspecified atom stereocenters. The van der Waals surface area contributed by atoms with E-state index in [0.717, 1.165) is 5.82 Å². The zero-order valence-electron chi connectivity index (χ0n) is 6.90. The van der Waals surface area contributed by atoms with Crippen LogP contribution in [0.25, 0.3) is 0 Å². The van der Waals surface area contributed by atoms with Crippen molar-refractivity contribution in [1.29, 1.82) is 0 Å². The fourth-order valence-corrected chi connectivity index (χ4v) is 0.769. The number of aromatic nitrogens is 2. The van der Waals surface area contributed by atoms with E-state index < -0.39 is 0 Å². The summed E-state index contributed by atoms with van der Waals surface area (Å²) in [5.74, 6) is 1.30. The molecule has 0 atom stereocenters. The zero-order valence-corrected chi connectivity index (χ0v) is 6.90. The average Bonchev–Trinajstić information content (AvgIpc) is 2.04. The molecule has 0 amide bonds. The van der Waals surface area contributed by atoms with Crippen LogP contribution in [0.2, 0.25) is 0 Å². The summed E-state index contributed by atoms with van der Waals surface area (Å²) in [6.45, 7) is 0. The molecule has 60 valence electrons. The maximum absolute atomic E-state index is 4.99. The summed E-state index contributed by atoms with van der Waals surface area (Å²) in [4.78, 5) is 9.93. The molecule has 0 saturated carbocycles. The molecule has 0 aliphatic rings. The minimum absolute atomic E-state index is 0.553. The molecular weight excluding hydrogens is 142 g/mol. The highest BCUT2D eigenvalue weighted by molar-refractivity contribution is 5.45. The number of rotatable bonds is 2. The van der Waals surface area contributed by atoms with Gasteiger partial charge in [-0.05, 0) is 0 Å². The number of hydrogen-bond donors (Lipinski definition) is 0. The third-order valence-corrected chi connectivity index (χ3v) is 1.26. The van der Waals surface area contributed by atoms with Gasteiger partial charge in [-0.25, -0.2) is 9.97 Å². The van der Waals surface area contributed by atoms with Crippen LogP contribution in [0.5, 0.6) is 5.88 Å². The number of anilines is 1. The summed E-state index contributed by atoms with van der Waals surface area (Å²) >= 11 is 0. The molecule has 0 spiro atoms. The van der Waals surface area contributed by atoms with Crippen LogP contribution < -0.4 is 9.64 Å². The largest absolute Gasteiger partial charge is 0.478 e. The van der Waals surface area contributed by atoms with Crippen molar-refractivity contribution in [2.24, 2.45) is 0 Å². The summed E-state index contributed by atoms with van der Waals surface area (Å²) in [5, 5.41) is 0. The molecule has 0 aromatic carbocycles. The molecule has 0 bridgehead atoms. The van der Waals surface area contributed by atoms with Crippen molar-refractivity contribution in [3.8, 4) is 5.88 Å². The number of hydrogen-bond acceptors (Lipinski definition) is 4. The molecular formula is C7H11N3O. The molecule has 4 nitrogen and oxygen atoms in total. The summed E-state index contributed by atoms with van der Waals surface area (Å²) in [6.07, 6.45) is 3.24. The Bertz CT molecular complexity index is 237. The van der Waals surface area contributed by atoms with E-state index in [1.165, 1.54) is 0 Å². The van der Waals surface area contributed by atoms with Gasteiger partial charge in [-0.3, -0.25) is 0 Å². The van der Waals surface area contributed by atoms with Crippen molar-refractivity contribution in [3.05, 3.63) is 12.4 Å². The summed E-state index contributed by atoms with van der Waals surface area (Å²) in [5.41, 5.74) is 0.